The Morgan fingerprint density at radius 2 is 2.04 bits per heavy atom. The minimum atomic E-state index is -1.03. The van der Waals surface area contributed by atoms with Crippen LogP contribution in [0.5, 0.6) is 0 Å². The van der Waals surface area contributed by atoms with Crippen LogP contribution in [0.2, 0.25) is 0 Å². The summed E-state index contributed by atoms with van der Waals surface area (Å²) in [6.07, 6.45) is 3.39. The Kier molecular flexibility index (Phi) is 4.10. The second-order valence-electron chi connectivity index (χ2n) is 5.63. The Labute approximate surface area is 134 Å². The number of unbranched alkanes of at least 4 members (excludes halogenated alkanes) is 1. The number of aromatic carboxylic acids is 1. The van der Waals surface area contributed by atoms with Crippen LogP contribution in [0.15, 0.2) is 36.4 Å². The summed E-state index contributed by atoms with van der Waals surface area (Å²) in [5, 5.41) is 9.09. The molecule has 0 aliphatic carbocycles. The lowest BCUT2D eigenvalue weighted by molar-refractivity contribution is 0.0690. The minimum absolute atomic E-state index is 0.0261. The Morgan fingerprint density at radius 3 is 2.78 bits per heavy atom. The Bertz CT molecular complexity index is 868. The van der Waals surface area contributed by atoms with Gasteiger partial charge in [-0.3, -0.25) is 0 Å². The second kappa shape index (κ2) is 6.20. The van der Waals surface area contributed by atoms with Crippen molar-refractivity contribution in [2.24, 2.45) is 7.05 Å². The van der Waals surface area contributed by atoms with Gasteiger partial charge >= 0.3 is 5.97 Å². The fourth-order valence-corrected chi connectivity index (χ4v) is 2.68. The van der Waals surface area contributed by atoms with E-state index in [1.165, 1.54) is 24.5 Å². The number of pyridine rings is 1. The predicted octanol–water partition coefficient (Wildman–Crippen LogP) is 3.68. The molecule has 0 spiro atoms. The normalized spacial score (nSPS) is 11.0. The van der Waals surface area contributed by atoms with E-state index in [1.54, 1.807) is 12.1 Å². The molecule has 0 fully saturated rings. The SMILES string of the molecule is CCCCc1ccc2nc(-c3cccc(C(=O)O)n3)n(C)c2c1. The molecule has 0 aliphatic heterocycles. The molecule has 0 amide bonds. The van der Waals surface area contributed by atoms with Crippen molar-refractivity contribution < 1.29 is 9.90 Å². The first-order valence-corrected chi connectivity index (χ1v) is 7.76. The summed E-state index contributed by atoms with van der Waals surface area (Å²) in [6.45, 7) is 2.18. The highest BCUT2D eigenvalue weighted by atomic mass is 16.4. The van der Waals surface area contributed by atoms with E-state index in [4.69, 9.17) is 5.11 Å². The lowest BCUT2D eigenvalue weighted by Gasteiger charge is -2.04. The Morgan fingerprint density at radius 1 is 1.22 bits per heavy atom. The van der Waals surface area contributed by atoms with E-state index < -0.39 is 5.97 Å². The summed E-state index contributed by atoms with van der Waals surface area (Å²) in [5.74, 6) is -0.358. The lowest BCUT2D eigenvalue weighted by atomic mass is 10.1. The van der Waals surface area contributed by atoms with E-state index in [1.807, 2.05) is 17.7 Å². The highest BCUT2D eigenvalue weighted by molar-refractivity contribution is 5.86. The summed E-state index contributed by atoms with van der Waals surface area (Å²) < 4.78 is 1.97. The quantitative estimate of drug-likeness (QED) is 0.780. The van der Waals surface area contributed by atoms with Crippen molar-refractivity contribution in [1.29, 1.82) is 0 Å². The smallest absolute Gasteiger partial charge is 0.354 e. The summed E-state index contributed by atoms with van der Waals surface area (Å²) in [6, 6.07) is 11.2. The van der Waals surface area contributed by atoms with Crippen LogP contribution in [-0.2, 0) is 13.5 Å². The van der Waals surface area contributed by atoms with Crippen LogP contribution in [-0.4, -0.2) is 25.6 Å². The number of rotatable bonds is 5. The second-order valence-corrected chi connectivity index (χ2v) is 5.63. The third-order valence-electron chi connectivity index (χ3n) is 3.96. The molecule has 3 aromatic rings. The maximum Gasteiger partial charge on any atom is 0.354 e. The summed E-state index contributed by atoms with van der Waals surface area (Å²) in [7, 11) is 1.93. The molecule has 2 heterocycles. The summed E-state index contributed by atoms with van der Waals surface area (Å²) in [5.41, 5.74) is 3.82. The molecular formula is C18H19N3O2. The average molecular weight is 309 g/mol. The number of hydrogen-bond donors (Lipinski definition) is 1. The van der Waals surface area contributed by atoms with Gasteiger partial charge in [0.25, 0.3) is 0 Å². The first kappa shape index (κ1) is 15.2. The molecule has 0 unspecified atom stereocenters. The highest BCUT2D eigenvalue weighted by Crippen LogP contribution is 2.24. The minimum Gasteiger partial charge on any atom is -0.477 e. The largest absolute Gasteiger partial charge is 0.477 e. The van der Waals surface area contributed by atoms with Crippen molar-refractivity contribution >= 4 is 17.0 Å². The maximum absolute atomic E-state index is 11.1. The van der Waals surface area contributed by atoms with Gasteiger partial charge in [0.1, 0.15) is 11.4 Å². The summed E-state index contributed by atoms with van der Waals surface area (Å²) in [4.78, 5) is 19.9. The van der Waals surface area contributed by atoms with Gasteiger partial charge in [-0.05, 0) is 42.7 Å². The van der Waals surface area contributed by atoms with E-state index in [2.05, 4.69) is 29.0 Å². The molecule has 5 nitrogen and oxygen atoms in total. The molecule has 5 heteroatoms. The summed E-state index contributed by atoms with van der Waals surface area (Å²) >= 11 is 0. The van der Waals surface area contributed by atoms with Crippen LogP contribution in [0.25, 0.3) is 22.6 Å². The Balaban J connectivity index is 2.06. The maximum atomic E-state index is 11.1. The van der Waals surface area contributed by atoms with Crippen molar-refractivity contribution in [2.45, 2.75) is 26.2 Å². The molecule has 3 rings (SSSR count). The van der Waals surface area contributed by atoms with Crippen LogP contribution in [0, 0.1) is 0 Å². The average Bonchev–Trinajstić information content (AvgIpc) is 2.89. The number of benzene rings is 1. The van der Waals surface area contributed by atoms with Gasteiger partial charge in [-0.1, -0.05) is 25.5 Å². The monoisotopic (exact) mass is 309 g/mol. The molecule has 23 heavy (non-hydrogen) atoms. The standard InChI is InChI=1S/C18H19N3O2/c1-3-4-6-12-9-10-13-16(11-12)21(2)17(20-13)14-7-5-8-15(19-14)18(22)23/h5,7-11H,3-4,6H2,1-2H3,(H,22,23). The molecule has 118 valence electrons. The van der Waals surface area contributed by atoms with Gasteiger partial charge in [0.2, 0.25) is 0 Å². The molecule has 0 saturated heterocycles. The van der Waals surface area contributed by atoms with Gasteiger partial charge in [-0.15, -0.1) is 0 Å². The fraction of sp³-hybridized carbons (Fsp3) is 0.278. The fourth-order valence-electron chi connectivity index (χ4n) is 2.68. The van der Waals surface area contributed by atoms with Gasteiger partial charge in [0, 0.05) is 7.05 Å². The number of imidazole rings is 1. The molecule has 0 radical (unpaired) electrons. The zero-order valence-corrected chi connectivity index (χ0v) is 13.3. The number of nitrogens with zero attached hydrogens (tertiary/aromatic N) is 3. The van der Waals surface area contributed by atoms with Gasteiger partial charge < -0.3 is 9.67 Å². The number of aromatic nitrogens is 3. The Hall–Kier alpha value is -2.69. The zero-order chi connectivity index (χ0) is 16.4. The molecule has 0 atom stereocenters. The van der Waals surface area contributed by atoms with Crippen molar-refractivity contribution in [3.63, 3.8) is 0 Å². The van der Waals surface area contributed by atoms with E-state index in [9.17, 15) is 4.79 Å². The third-order valence-corrected chi connectivity index (χ3v) is 3.96. The zero-order valence-electron chi connectivity index (χ0n) is 13.3. The third kappa shape index (κ3) is 2.95. The first-order chi connectivity index (χ1) is 11.1. The van der Waals surface area contributed by atoms with Gasteiger partial charge in [-0.2, -0.15) is 0 Å². The molecule has 0 aliphatic rings. The number of hydrogen-bond acceptors (Lipinski definition) is 3. The number of aryl methyl sites for hydroxylation is 2. The van der Waals surface area contributed by atoms with Crippen LogP contribution in [0.1, 0.15) is 35.8 Å². The van der Waals surface area contributed by atoms with Gasteiger partial charge in [0.15, 0.2) is 5.82 Å². The number of carbonyl (C=O) groups is 1. The number of carboxylic acid groups (broad SMARTS) is 1. The highest BCUT2D eigenvalue weighted by Gasteiger charge is 2.13. The van der Waals surface area contributed by atoms with Crippen LogP contribution in [0.3, 0.4) is 0 Å². The molecule has 1 N–H and O–H groups in total. The molecule has 1 aromatic carbocycles. The molecule has 0 bridgehead atoms. The van der Waals surface area contributed by atoms with Crippen molar-refractivity contribution in [3.05, 3.63) is 47.7 Å². The van der Waals surface area contributed by atoms with Crippen molar-refractivity contribution in [1.82, 2.24) is 14.5 Å². The van der Waals surface area contributed by atoms with Gasteiger partial charge in [-0.25, -0.2) is 14.8 Å². The van der Waals surface area contributed by atoms with E-state index in [0.717, 1.165) is 17.5 Å². The predicted molar refractivity (Wildman–Crippen MR) is 89.5 cm³/mol. The van der Waals surface area contributed by atoms with E-state index in [0.29, 0.717) is 11.5 Å². The topological polar surface area (TPSA) is 68.0 Å². The molecular weight excluding hydrogens is 290 g/mol. The van der Waals surface area contributed by atoms with Crippen LogP contribution in [0.4, 0.5) is 0 Å². The number of fused-ring (bicyclic) bond motifs is 1. The molecule has 0 saturated carbocycles. The van der Waals surface area contributed by atoms with Crippen molar-refractivity contribution in [2.75, 3.05) is 0 Å². The molecule has 2 aromatic heterocycles. The van der Waals surface area contributed by atoms with Gasteiger partial charge in [0.05, 0.1) is 11.0 Å². The number of carboxylic acids is 1. The van der Waals surface area contributed by atoms with E-state index in [-0.39, 0.29) is 5.69 Å². The van der Waals surface area contributed by atoms with Crippen molar-refractivity contribution in [3.8, 4) is 11.5 Å². The van der Waals surface area contributed by atoms with E-state index >= 15 is 0 Å². The lowest BCUT2D eigenvalue weighted by Crippen LogP contribution is -2.02. The van der Waals surface area contributed by atoms with Crippen LogP contribution >= 0.6 is 0 Å². The first-order valence-electron chi connectivity index (χ1n) is 7.76. The van der Waals surface area contributed by atoms with Crippen LogP contribution < -0.4 is 0 Å².